The summed E-state index contributed by atoms with van der Waals surface area (Å²) in [5, 5.41) is 7.74. The third-order valence-electron chi connectivity index (χ3n) is 1.77. The lowest BCUT2D eigenvalue weighted by Crippen LogP contribution is -2.01. The van der Waals surface area contributed by atoms with Gasteiger partial charge in [0.15, 0.2) is 0 Å². The van der Waals surface area contributed by atoms with Crippen molar-refractivity contribution in [2.45, 2.75) is 6.54 Å². The van der Waals surface area contributed by atoms with Crippen LogP contribution in [0, 0.1) is 0 Å². The van der Waals surface area contributed by atoms with Crippen LogP contribution < -0.4 is 0 Å². The molecule has 3 nitrogen and oxygen atoms in total. The first kappa shape index (κ1) is 8.62. The molecule has 1 aromatic heterocycles. The zero-order valence-electron chi connectivity index (χ0n) is 6.74. The average molecular weight is 244 g/mol. The molecule has 2 rings (SSSR count). The van der Waals surface area contributed by atoms with Crippen molar-refractivity contribution in [3.8, 4) is 0 Å². The largest absolute Gasteiger partial charge is 0.249 e. The highest BCUT2D eigenvalue weighted by Crippen LogP contribution is 2.17. The maximum absolute atomic E-state index is 12.1. The van der Waals surface area contributed by atoms with Gasteiger partial charge in [0.1, 0.15) is 12.2 Å². The van der Waals surface area contributed by atoms with E-state index in [0.717, 1.165) is 15.5 Å². The number of rotatable bonds is 2. The van der Waals surface area contributed by atoms with E-state index in [9.17, 15) is 4.39 Å². The van der Waals surface area contributed by atoms with Gasteiger partial charge in [-0.2, -0.15) is 0 Å². The topological polar surface area (TPSA) is 30.7 Å². The number of hydrogen-bond acceptors (Lipinski definition) is 2. The zero-order chi connectivity index (χ0) is 9.26. The van der Waals surface area contributed by atoms with Crippen molar-refractivity contribution in [3.63, 3.8) is 0 Å². The number of alkyl halides is 1. The minimum absolute atomic E-state index is 0.257. The Morgan fingerprint density at radius 1 is 1.46 bits per heavy atom. The van der Waals surface area contributed by atoms with Crippen molar-refractivity contribution in [1.82, 2.24) is 15.0 Å². The van der Waals surface area contributed by atoms with Gasteiger partial charge in [0.25, 0.3) is 0 Å². The van der Waals surface area contributed by atoms with E-state index in [1.807, 2.05) is 18.2 Å². The number of halogens is 2. The first-order valence-electron chi connectivity index (χ1n) is 3.86. The number of fused-ring (bicyclic) bond motifs is 1. The standard InChI is InChI=1S/C8H7BrFN3/c9-6-1-2-7-8(5-6)13(4-3-10)12-11-7/h1-2,5H,3-4H2. The van der Waals surface area contributed by atoms with E-state index in [2.05, 4.69) is 26.2 Å². The molecular formula is C8H7BrFN3. The van der Waals surface area contributed by atoms with Gasteiger partial charge in [0.05, 0.1) is 12.1 Å². The van der Waals surface area contributed by atoms with Crippen LogP contribution in [-0.2, 0) is 6.54 Å². The lowest BCUT2D eigenvalue weighted by Gasteiger charge is -1.96. The number of nitrogens with zero attached hydrogens (tertiary/aromatic N) is 3. The molecule has 0 fully saturated rings. The molecule has 0 radical (unpaired) electrons. The Kier molecular flexibility index (Phi) is 2.26. The molecular weight excluding hydrogens is 237 g/mol. The quantitative estimate of drug-likeness (QED) is 0.810. The predicted octanol–water partition coefficient (Wildman–Crippen LogP) is 2.16. The normalized spacial score (nSPS) is 10.9. The van der Waals surface area contributed by atoms with Gasteiger partial charge in [-0.1, -0.05) is 21.1 Å². The summed E-state index contributed by atoms with van der Waals surface area (Å²) in [6.07, 6.45) is 0. The molecule has 1 heterocycles. The molecule has 2 aromatic rings. The van der Waals surface area contributed by atoms with Gasteiger partial charge in [-0.05, 0) is 18.2 Å². The number of benzene rings is 1. The van der Waals surface area contributed by atoms with Crippen LogP contribution in [0.2, 0.25) is 0 Å². The fourth-order valence-electron chi connectivity index (χ4n) is 1.18. The van der Waals surface area contributed by atoms with Gasteiger partial charge < -0.3 is 0 Å². The Morgan fingerprint density at radius 3 is 3.08 bits per heavy atom. The fraction of sp³-hybridized carbons (Fsp3) is 0.250. The summed E-state index contributed by atoms with van der Waals surface area (Å²) in [4.78, 5) is 0. The molecule has 0 amide bonds. The molecule has 68 valence electrons. The van der Waals surface area contributed by atoms with Crippen molar-refractivity contribution >= 4 is 27.0 Å². The summed E-state index contributed by atoms with van der Waals surface area (Å²) in [5.74, 6) is 0. The first-order valence-corrected chi connectivity index (χ1v) is 4.65. The molecule has 0 N–H and O–H groups in total. The number of hydrogen-bond donors (Lipinski definition) is 0. The van der Waals surface area contributed by atoms with Gasteiger partial charge in [-0.25, -0.2) is 9.07 Å². The smallest absolute Gasteiger partial charge is 0.113 e. The maximum Gasteiger partial charge on any atom is 0.113 e. The fourth-order valence-corrected chi connectivity index (χ4v) is 1.53. The molecule has 0 bridgehead atoms. The van der Waals surface area contributed by atoms with Crippen LogP contribution >= 0.6 is 15.9 Å². The van der Waals surface area contributed by atoms with Crippen LogP contribution in [0.25, 0.3) is 11.0 Å². The van der Waals surface area contributed by atoms with E-state index >= 15 is 0 Å². The summed E-state index contributed by atoms with van der Waals surface area (Å²) in [6.45, 7) is -0.169. The van der Waals surface area contributed by atoms with E-state index in [1.54, 1.807) is 4.68 Å². The van der Waals surface area contributed by atoms with Crippen molar-refractivity contribution in [3.05, 3.63) is 22.7 Å². The lowest BCUT2D eigenvalue weighted by atomic mass is 10.3. The van der Waals surface area contributed by atoms with Crippen LogP contribution in [0.4, 0.5) is 4.39 Å². The van der Waals surface area contributed by atoms with Crippen LogP contribution in [0.15, 0.2) is 22.7 Å². The Hall–Kier alpha value is -0.970. The molecule has 13 heavy (non-hydrogen) atoms. The van der Waals surface area contributed by atoms with E-state index in [-0.39, 0.29) is 6.54 Å². The minimum atomic E-state index is -0.426. The average Bonchev–Trinajstić information content (AvgIpc) is 2.49. The van der Waals surface area contributed by atoms with Crippen molar-refractivity contribution in [2.24, 2.45) is 0 Å². The summed E-state index contributed by atoms with van der Waals surface area (Å²) < 4.78 is 14.6. The molecule has 0 spiro atoms. The van der Waals surface area contributed by atoms with Crippen LogP contribution in [0.5, 0.6) is 0 Å². The first-order chi connectivity index (χ1) is 6.31. The van der Waals surface area contributed by atoms with Gasteiger partial charge in [0.2, 0.25) is 0 Å². The molecule has 0 aliphatic carbocycles. The van der Waals surface area contributed by atoms with Crippen LogP contribution in [0.3, 0.4) is 0 Å². The molecule has 0 unspecified atom stereocenters. The SMILES string of the molecule is FCCn1nnc2ccc(Br)cc21. The second-order valence-corrected chi connectivity index (χ2v) is 3.55. The third kappa shape index (κ3) is 1.56. The second-order valence-electron chi connectivity index (χ2n) is 2.63. The maximum atomic E-state index is 12.1. The van der Waals surface area contributed by atoms with Crippen LogP contribution in [0.1, 0.15) is 0 Å². The summed E-state index contributed by atoms with van der Waals surface area (Å²) in [5.41, 5.74) is 1.64. The van der Waals surface area contributed by atoms with E-state index < -0.39 is 6.67 Å². The Labute approximate surface area is 82.7 Å². The Bertz CT molecular complexity index is 426. The minimum Gasteiger partial charge on any atom is -0.249 e. The molecule has 0 aliphatic heterocycles. The molecule has 1 aromatic carbocycles. The van der Waals surface area contributed by atoms with Crippen molar-refractivity contribution in [2.75, 3.05) is 6.67 Å². The van der Waals surface area contributed by atoms with Gasteiger partial charge in [0, 0.05) is 4.47 Å². The van der Waals surface area contributed by atoms with Gasteiger partial charge in [-0.15, -0.1) is 5.10 Å². The summed E-state index contributed by atoms with van der Waals surface area (Å²) in [7, 11) is 0. The number of aromatic nitrogens is 3. The van der Waals surface area contributed by atoms with E-state index in [0.29, 0.717) is 0 Å². The summed E-state index contributed by atoms with van der Waals surface area (Å²) >= 11 is 3.34. The Balaban J connectivity index is 2.58. The highest BCUT2D eigenvalue weighted by molar-refractivity contribution is 9.10. The van der Waals surface area contributed by atoms with Gasteiger partial charge in [-0.3, -0.25) is 0 Å². The van der Waals surface area contributed by atoms with E-state index in [4.69, 9.17) is 0 Å². The predicted molar refractivity (Wildman–Crippen MR) is 51.2 cm³/mol. The van der Waals surface area contributed by atoms with Crippen LogP contribution in [-0.4, -0.2) is 21.7 Å². The third-order valence-corrected chi connectivity index (χ3v) is 2.27. The highest BCUT2D eigenvalue weighted by atomic mass is 79.9. The number of aryl methyl sites for hydroxylation is 1. The zero-order valence-corrected chi connectivity index (χ0v) is 8.33. The molecule has 0 aliphatic rings. The van der Waals surface area contributed by atoms with E-state index in [1.165, 1.54) is 0 Å². The van der Waals surface area contributed by atoms with Crippen molar-refractivity contribution < 1.29 is 4.39 Å². The Morgan fingerprint density at radius 2 is 2.31 bits per heavy atom. The summed E-state index contributed by atoms with van der Waals surface area (Å²) in [6, 6.07) is 5.61. The molecule has 5 heteroatoms. The lowest BCUT2D eigenvalue weighted by molar-refractivity contribution is 0.428. The molecule has 0 saturated heterocycles. The second kappa shape index (κ2) is 3.41. The highest BCUT2D eigenvalue weighted by Gasteiger charge is 2.03. The molecule has 0 saturated carbocycles. The van der Waals surface area contributed by atoms with Gasteiger partial charge >= 0.3 is 0 Å². The molecule has 0 atom stereocenters. The monoisotopic (exact) mass is 243 g/mol. The van der Waals surface area contributed by atoms with Crippen molar-refractivity contribution in [1.29, 1.82) is 0 Å².